The Kier molecular flexibility index (Phi) is 10.3. The van der Waals surface area contributed by atoms with E-state index in [2.05, 4.69) is 10.1 Å². The summed E-state index contributed by atoms with van der Waals surface area (Å²) in [5, 5.41) is 4.83. The number of H-pyrrole nitrogens is 1. The second kappa shape index (κ2) is 13.5. The number of carbonyl (C=O) groups is 4. The van der Waals surface area contributed by atoms with Crippen LogP contribution in [0.5, 0.6) is 0 Å². The van der Waals surface area contributed by atoms with E-state index in [1.807, 2.05) is 0 Å². The Morgan fingerprint density at radius 2 is 1.52 bits per heavy atom. The quantitative estimate of drug-likeness (QED) is 0.269. The van der Waals surface area contributed by atoms with Crippen molar-refractivity contribution in [2.75, 3.05) is 6.61 Å². The highest BCUT2D eigenvalue weighted by atomic mass is 35.5. The van der Waals surface area contributed by atoms with Crippen molar-refractivity contribution in [2.24, 2.45) is 0 Å². The minimum atomic E-state index is -1.46. The zero-order chi connectivity index (χ0) is 29.6. The van der Waals surface area contributed by atoms with Gasteiger partial charge in [-0.25, -0.2) is 4.68 Å². The van der Waals surface area contributed by atoms with Gasteiger partial charge in [0.25, 0.3) is 5.56 Å². The monoisotopic (exact) mass is 595 g/mol. The zero-order valence-corrected chi connectivity index (χ0v) is 23.4. The average molecular weight is 596 g/mol. The number of nitrogens with one attached hydrogen (secondary N) is 1. The number of esters is 4. The highest BCUT2D eigenvalue weighted by Crippen LogP contribution is 2.34. The zero-order valence-electron chi connectivity index (χ0n) is 21.8. The standard InChI is InChI=1S/C25H26ClN3O10S/c1-12(30)35-11-19-20(36-13(2)31)21(37-14(3)32)22(38-15(4)33)24(39-19)29-25(40)27-23(34)18(28-29)10-7-16-5-8-17(26)9-6-16/h5-10,19-22,24H,11H2,1-4H3,(H,27,34,40)/b10-7+. The van der Waals surface area contributed by atoms with Crippen LogP contribution in [0, 0.1) is 4.77 Å². The molecular weight excluding hydrogens is 570 g/mol. The summed E-state index contributed by atoms with van der Waals surface area (Å²) < 4.78 is 28.2. The lowest BCUT2D eigenvalue weighted by Gasteiger charge is -2.44. The smallest absolute Gasteiger partial charge is 0.303 e. The van der Waals surface area contributed by atoms with Crippen LogP contribution in [0.2, 0.25) is 5.02 Å². The molecule has 2 aromatic rings. The summed E-state index contributed by atoms with van der Waals surface area (Å²) in [6.07, 6.45) is -3.88. The van der Waals surface area contributed by atoms with Gasteiger partial charge in [-0.05, 0) is 36.0 Å². The molecule has 3 rings (SSSR count). The number of nitrogens with zero attached hydrogens (tertiary/aromatic N) is 2. The maximum Gasteiger partial charge on any atom is 0.303 e. The van der Waals surface area contributed by atoms with Crippen LogP contribution in [0.3, 0.4) is 0 Å². The Morgan fingerprint density at radius 3 is 2.10 bits per heavy atom. The number of aromatic amines is 1. The number of ether oxygens (including phenoxy) is 5. The molecule has 0 bridgehead atoms. The van der Waals surface area contributed by atoms with Gasteiger partial charge in [0.15, 0.2) is 29.3 Å². The fourth-order valence-electron chi connectivity index (χ4n) is 3.86. The number of hydrogen-bond acceptors (Lipinski definition) is 12. The average Bonchev–Trinajstić information content (AvgIpc) is 2.85. The predicted molar refractivity (Wildman–Crippen MR) is 141 cm³/mol. The van der Waals surface area contributed by atoms with Crippen molar-refractivity contribution in [1.82, 2.24) is 14.8 Å². The molecule has 1 aliphatic heterocycles. The molecule has 5 atom stereocenters. The largest absolute Gasteiger partial charge is 0.463 e. The molecule has 0 radical (unpaired) electrons. The summed E-state index contributed by atoms with van der Waals surface area (Å²) in [4.78, 5) is 62.8. The SMILES string of the molecule is CC(=O)OCC1OC(n2nc(/C=C/c3ccc(Cl)cc3)c(=O)[nH]c2=S)C(OC(C)=O)C(OC(C)=O)C1OC(C)=O. The van der Waals surface area contributed by atoms with Gasteiger partial charge in [-0.3, -0.25) is 29.0 Å². The molecule has 13 nitrogen and oxygen atoms in total. The van der Waals surface area contributed by atoms with Crippen LogP contribution in [0.25, 0.3) is 12.2 Å². The fourth-order valence-corrected chi connectivity index (χ4v) is 4.22. The van der Waals surface area contributed by atoms with Crippen LogP contribution in [0.15, 0.2) is 29.1 Å². The second-order valence-electron chi connectivity index (χ2n) is 8.56. The molecule has 1 aliphatic rings. The third kappa shape index (κ3) is 8.07. The lowest BCUT2D eigenvalue weighted by atomic mass is 9.97. The number of hydrogen-bond donors (Lipinski definition) is 1. The van der Waals surface area contributed by atoms with E-state index < -0.39 is 66.7 Å². The molecule has 1 N–H and O–H groups in total. The highest BCUT2D eigenvalue weighted by molar-refractivity contribution is 7.71. The Balaban J connectivity index is 2.13. The molecule has 1 aromatic carbocycles. The summed E-state index contributed by atoms with van der Waals surface area (Å²) >= 11 is 11.2. The molecule has 1 saturated heterocycles. The van der Waals surface area contributed by atoms with Gasteiger partial charge in [0.05, 0.1) is 0 Å². The topological polar surface area (TPSA) is 165 Å². The van der Waals surface area contributed by atoms with Crippen LogP contribution in [0.4, 0.5) is 0 Å². The summed E-state index contributed by atoms with van der Waals surface area (Å²) in [5.41, 5.74) is -0.0135. The molecule has 0 amide bonds. The van der Waals surface area contributed by atoms with E-state index in [0.29, 0.717) is 10.6 Å². The molecule has 2 heterocycles. The molecule has 0 spiro atoms. The number of aromatic nitrogens is 3. The maximum atomic E-state index is 12.7. The third-order valence-corrected chi connectivity index (χ3v) is 5.93. The van der Waals surface area contributed by atoms with E-state index >= 15 is 0 Å². The molecule has 1 aromatic heterocycles. The number of rotatable bonds is 8. The summed E-state index contributed by atoms with van der Waals surface area (Å²) in [6, 6.07) is 6.79. The molecule has 5 unspecified atom stereocenters. The minimum Gasteiger partial charge on any atom is -0.463 e. The van der Waals surface area contributed by atoms with Crippen molar-refractivity contribution < 1.29 is 42.9 Å². The first-order valence-electron chi connectivity index (χ1n) is 11.8. The van der Waals surface area contributed by atoms with Gasteiger partial charge in [0, 0.05) is 32.7 Å². The lowest BCUT2D eigenvalue weighted by Crippen LogP contribution is -2.61. The van der Waals surface area contributed by atoms with Crippen LogP contribution in [-0.4, -0.2) is 69.7 Å². The van der Waals surface area contributed by atoms with E-state index in [1.165, 1.54) is 6.08 Å². The maximum absolute atomic E-state index is 12.7. The highest BCUT2D eigenvalue weighted by Gasteiger charge is 2.53. The Bertz CT molecular complexity index is 1420. The van der Waals surface area contributed by atoms with Gasteiger partial charge in [0.2, 0.25) is 0 Å². The van der Waals surface area contributed by atoms with Crippen LogP contribution >= 0.6 is 23.8 Å². The number of benzene rings is 1. The van der Waals surface area contributed by atoms with Crippen molar-refractivity contribution >= 4 is 59.8 Å². The Hall–Kier alpha value is -3.88. The first-order chi connectivity index (χ1) is 18.8. The van der Waals surface area contributed by atoms with E-state index in [-0.39, 0.29) is 10.5 Å². The second-order valence-corrected chi connectivity index (χ2v) is 9.39. The molecule has 15 heteroatoms. The minimum absolute atomic E-state index is 0.101. The number of halogens is 1. The molecule has 0 saturated carbocycles. The summed E-state index contributed by atoms with van der Waals surface area (Å²) in [6.45, 7) is 4.04. The molecule has 1 fully saturated rings. The molecule has 40 heavy (non-hydrogen) atoms. The van der Waals surface area contributed by atoms with Gasteiger partial charge in [-0.2, -0.15) is 5.10 Å². The van der Waals surface area contributed by atoms with Crippen molar-refractivity contribution in [2.45, 2.75) is 58.3 Å². The van der Waals surface area contributed by atoms with Crippen molar-refractivity contribution in [3.63, 3.8) is 0 Å². The third-order valence-electron chi connectivity index (χ3n) is 5.39. The van der Waals surface area contributed by atoms with Gasteiger partial charge in [-0.15, -0.1) is 0 Å². The number of carbonyl (C=O) groups excluding carboxylic acids is 4. The Morgan fingerprint density at radius 1 is 0.950 bits per heavy atom. The normalized spacial score (nSPS) is 22.4. The first kappa shape index (κ1) is 30.7. The predicted octanol–water partition coefficient (Wildman–Crippen LogP) is 2.38. The summed E-state index contributed by atoms with van der Waals surface area (Å²) in [5.74, 6) is -3.03. The van der Waals surface area contributed by atoms with E-state index in [0.717, 1.165) is 32.4 Å². The van der Waals surface area contributed by atoms with E-state index in [4.69, 9.17) is 47.5 Å². The molecule has 0 aliphatic carbocycles. The van der Waals surface area contributed by atoms with Gasteiger partial charge < -0.3 is 23.7 Å². The molecule has 214 valence electrons. The van der Waals surface area contributed by atoms with Crippen LogP contribution < -0.4 is 5.56 Å². The van der Waals surface area contributed by atoms with E-state index in [9.17, 15) is 24.0 Å². The van der Waals surface area contributed by atoms with Crippen LogP contribution in [0.1, 0.15) is 45.2 Å². The van der Waals surface area contributed by atoms with Crippen LogP contribution in [-0.2, 0) is 42.9 Å². The van der Waals surface area contributed by atoms with Gasteiger partial charge in [0.1, 0.15) is 18.4 Å². The lowest BCUT2D eigenvalue weighted by molar-refractivity contribution is -0.271. The first-order valence-corrected chi connectivity index (χ1v) is 12.6. The summed E-state index contributed by atoms with van der Waals surface area (Å²) in [7, 11) is 0. The van der Waals surface area contributed by atoms with Crippen molar-refractivity contribution in [1.29, 1.82) is 0 Å². The fraction of sp³-hybridized carbons (Fsp3) is 0.400. The van der Waals surface area contributed by atoms with Crippen molar-refractivity contribution in [3.8, 4) is 0 Å². The van der Waals surface area contributed by atoms with E-state index in [1.54, 1.807) is 30.3 Å². The van der Waals surface area contributed by atoms with Gasteiger partial charge >= 0.3 is 23.9 Å². The molecular formula is C25H26ClN3O10S. The Labute approximate surface area is 238 Å². The van der Waals surface area contributed by atoms with Crippen molar-refractivity contribution in [3.05, 3.63) is 55.7 Å². The van der Waals surface area contributed by atoms with Gasteiger partial charge in [-0.1, -0.05) is 29.8 Å².